The maximum absolute atomic E-state index is 2.35. The third-order valence-corrected chi connectivity index (χ3v) is 8.56. The Bertz CT molecular complexity index is 920. The highest BCUT2D eigenvalue weighted by Crippen LogP contribution is 2.60. The Kier molecular flexibility index (Phi) is 6.71. The molecule has 2 heteroatoms. The number of rotatable bonds is 6. The molecule has 0 heterocycles. The zero-order valence-corrected chi connectivity index (χ0v) is 19.1. The smallest absolute Gasteiger partial charge is 0.0417 e. The second kappa shape index (κ2) is 9.46. The summed E-state index contributed by atoms with van der Waals surface area (Å²) in [6.07, 6.45) is 6.90. The average Bonchev–Trinajstić information content (AvgIpc) is 3.20. The molecule has 3 aromatic rings. The molecule has 5 radical (unpaired) electrons. The minimum Gasteiger partial charge on any atom is -0.302 e. The van der Waals surface area contributed by atoms with E-state index in [1.165, 1.54) is 38.9 Å². The van der Waals surface area contributed by atoms with Gasteiger partial charge in [-0.2, -0.15) is 0 Å². The molecule has 1 aliphatic rings. The topological polar surface area (TPSA) is 3.24 Å². The summed E-state index contributed by atoms with van der Waals surface area (Å²) >= 11 is 0. The van der Waals surface area contributed by atoms with Gasteiger partial charge in [0.15, 0.2) is 0 Å². The molecular weight excluding hydrogens is 381 g/mol. The molecule has 3 aromatic carbocycles. The quantitative estimate of drug-likeness (QED) is 0.466. The third-order valence-electron chi connectivity index (χ3n) is 5.71. The molecule has 4 rings (SSSR count). The second-order valence-corrected chi connectivity index (χ2v) is 10.2. The van der Waals surface area contributed by atoms with Crippen molar-refractivity contribution < 1.29 is 0 Å². The van der Waals surface area contributed by atoms with Gasteiger partial charge in [-0.1, -0.05) is 78.9 Å². The van der Waals surface area contributed by atoms with Crippen LogP contribution in [0.3, 0.4) is 0 Å². The molecule has 0 amide bonds. The Labute approximate surface area is 183 Å². The lowest BCUT2D eigenvalue weighted by Gasteiger charge is -2.37. The molecule has 151 valence electrons. The molecule has 0 spiro atoms. The van der Waals surface area contributed by atoms with Gasteiger partial charge in [0, 0.05) is 17.6 Å². The third kappa shape index (κ3) is 4.25. The Morgan fingerprint density at radius 1 is 0.667 bits per heavy atom. The minimum atomic E-state index is -0.646. The van der Waals surface area contributed by atoms with Gasteiger partial charge >= 0.3 is 0 Å². The first-order valence-corrected chi connectivity index (χ1v) is 11.8. The van der Waals surface area contributed by atoms with Crippen LogP contribution < -0.4 is 10.6 Å². The molecule has 0 aromatic heterocycles. The van der Waals surface area contributed by atoms with Gasteiger partial charge in [-0.3, -0.25) is 0 Å². The Morgan fingerprint density at radius 3 is 1.73 bits per heavy atom. The minimum absolute atomic E-state index is 0.231. The summed E-state index contributed by atoms with van der Waals surface area (Å²) in [5.41, 5.74) is 5.51. The van der Waals surface area contributed by atoms with Crippen LogP contribution in [0.25, 0.3) is 0 Å². The van der Waals surface area contributed by atoms with Crippen LogP contribution in [0.2, 0.25) is 0 Å². The molecule has 1 fully saturated rings. The van der Waals surface area contributed by atoms with Crippen molar-refractivity contribution in [1.82, 2.24) is 4.90 Å². The maximum Gasteiger partial charge on any atom is 0.0417 e. The molecule has 0 bridgehead atoms. The lowest BCUT2D eigenvalue weighted by atomic mass is 9.90. The Hall–Kier alpha value is -1.95. The standard InChI is InChI=1S/C28H29NP/c1-21-13-8-10-18-25(21)30(26-19-11-9-14-22(26)2)27-20-12-17-24(27)28(29(3)4)23-15-6-5-7-16-23/h5-20,28H,1-4H3. The van der Waals surface area contributed by atoms with Crippen LogP contribution in [0.4, 0.5) is 0 Å². The van der Waals surface area contributed by atoms with E-state index in [0.717, 1.165) is 0 Å². The zero-order chi connectivity index (χ0) is 21.1. The molecule has 0 aliphatic heterocycles. The molecule has 0 N–H and O–H groups in total. The monoisotopic (exact) mass is 410 g/mol. The highest BCUT2D eigenvalue weighted by molar-refractivity contribution is 7.76. The van der Waals surface area contributed by atoms with Gasteiger partial charge < -0.3 is 4.90 Å². The number of hydrogen-bond acceptors (Lipinski definition) is 1. The van der Waals surface area contributed by atoms with Crippen molar-refractivity contribution in [1.29, 1.82) is 0 Å². The van der Waals surface area contributed by atoms with Crippen LogP contribution >= 0.6 is 7.92 Å². The fourth-order valence-electron chi connectivity index (χ4n) is 4.27. The van der Waals surface area contributed by atoms with E-state index in [4.69, 9.17) is 0 Å². The van der Waals surface area contributed by atoms with E-state index in [1.807, 2.05) is 0 Å². The first-order chi connectivity index (χ1) is 14.6. The lowest BCUT2D eigenvalue weighted by molar-refractivity contribution is 0.319. The molecular formula is C28H29NP. The van der Waals surface area contributed by atoms with E-state index < -0.39 is 7.92 Å². The summed E-state index contributed by atoms with van der Waals surface area (Å²) in [4.78, 5) is 2.33. The normalized spacial score (nSPS) is 16.5. The zero-order valence-electron chi connectivity index (χ0n) is 18.2. The van der Waals surface area contributed by atoms with Crippen LogP contribution in [0.5, 0.6) is 0 Å². The number of hydrogen-bond donors (Lipinski definition) is 0. The predicted octanol–water partition coefficient (Wildman–Crippen LogP) is 5.77. The fourth-order valence-corrected chi connectivity index (χ4v) is 7.06. The van der Waals surface area contributed by atoms with Crippen LogP contribution in [-0.4, -0.2) is 19.0 Å². The van der Waals surface area contributed by atoms with E-state index in [-0.39, 0.29) is 6.04 Å². The van der Waals surface area contributed by atoms with Crippen molar-refractivity contribution in [3.8, 4) is 0 Å². The van der Waals surface area contributed by atoms with Crippen molar-refractivity contribution >= 4 is 18.5 Å². The average molecular weight is 411 g/mol. The van der Waals surface area contributed by atoms with Crippen LogP contribution in [0.15, 0.2) is 78.9 Å². The molecule has 1 saturated carbocycles. The molecule has 1 atom stereocenters. The Balaban J connectivity index is 1.82. The predicted molar refractivity (Wildman–Crippen MR) is 131 cm³/mol. The van der Waals surface area contributed by atoms with Gasteiger partial charge in [0.1, 0.15) is 0 Å². The maximum atomic E-state index is 2.35. The van der Waals surface area contributed by atoms with Crippen molar-refractivity contribution in [2.24, 2.45) is 0 Å². The SMILES string of the molecule is Cc1ccccc1P([C]1[CH][CH][CH][C]1C(c1ccccc1)N(C)C)c1ccccc1C. The van der Waals surface area contributed by atoms with Crippen molar-refractivity contribution in [2.75, 3.05) is 14.1 Å². The molecule has 1 nitrogen and oxygen atoms in total. The Morgan fingerprint density at radius 2 is 1.20 bits per heavy atom. The molecule has 1 unspecified atom stereocenters. The van der Waals surface area contributed by atoms with Crippen LogP contribution in [0, 0.1) is 44.7 Å². The molecule has 0 saturated heterocycles. The summed E-state index contributed by atoms with van der Waals surface area (Å²) in [7, 11) is 3.71. The first kappa shape index (κ1) is 21.3. The van der Waals surface area contributed by atoms with E-state index >= 15 is 0 Å². The molecule has 1 aliphatic carbocycles. The summed E-state index contributed by atoms with van der Waals surface area (Å²) < 4.78 is 0. The second-order valence-electron chi connectivity index (χ2n) is 8.05. The number of aryl methyl sites for hydroxylation is 2. The highest BCUT2D eigenvalue weighted by Gasteiger charge is 2.43. The van der Waals surface area contributed by atoms with Crippen LogP contribution in [-0.2, 0) is 0 Å². The van der Waals surface area contributed by atoms with Crippen molar-refractivity contribution in [2.45, 2.75) is 19.9 Å². The van der Waals surface area contributed by atoms with Gasteiger partial charge in [-0.15, -0.1) is 0 Å². The van der Waals surface area contributed by atoms with Gasteiger partial charge in [-0.25, -0.2) is 0 Å². The summed E-state index contributed by atoms with van der Waals surface area (Å²) in [5, 5.41) is 2.89. The highest BCUT2D eigenvalue weighted by atomic mass is 31.1. The summed E-state index contributed by atoms with van der Waals surface area (Å²) in [6.45, 7) is 4.48. The van der Waals surface area contributed by atoms with Crippen LogP contribution in [0.1, 0.15) is 22.7 Å². The fraction of sp³-hybridized carbons (Fsp3) is 0.179. The number of nitrogens with zero attached hydrogens (tertiary/aromatic N) is 1. The lowest BCUT2D eigenvalue weighted by Crippen LogP contribution is -2.30. The number of benzene rings is 3. The molecule has 30 heavy (non-hydrogen) atoms. The summed E-state index contributed by atoms with van der Waals surface area (Å²) in [6, 6.07) is 28.8. The van der Waals surface area contributed by atoms with E-state index in [0.29, 0.717) is 0 Å². The first-order valence-electron chi connectivity index (χ1n) is 10.5. The largest absolute Gasteiger partial charge is 0.302 e. The van der Waals surface area contributed by atoms with Gasteiger partial charge in [-0.05, 0) is 82.4 Å². The van der Waals surface area contributed by atoms with Crippen molar-refractivity contribution in [3.05, 3.63) is 126 Å². The van der Waals surface area contributed by atoms with E-state index in [9.17, 15) is 0 Å². The van der Waals surface area contributed by atoms with Gasteiger partial charge in [0.2, 0.25) is 0 Å². The van der Waals surface area contributed by atoms with Gasteiger partial charge in [0.05, 0.1) is 0 Å². The van der Waals surface area contributed by atoms with E-state index in [1.54, 1.807) is 0 Å². The summed E-state index contributed by atoms with van der Waals surface area (Å²) in [5.74, 6) is 1.41. The van der Waals surface area contributed by atoms with E-state index in [2.05, 4.69) is 131 Å². The van der Waals surface area contributed by atoms with Crippen molar-refractivity contribution in [3.63, 3.8) is 0 Å². The van der Waals surface area contributed by atoms with Gasteiger partial charge in [0.25, 0.3) is 0 Å².